The molecule has 2 aliphatic rings. The van der Waals surface area contributed by atoms with E-state index in [-0.39, 0.29) is 6.10 Å². The molecule has 0 aromatic heterocycles. The topological polar surface area (TPSA) is 49.8 Å². The molecule has 1 saturated carbocycles. The quantitative estimate of drug-likeness (QED) is 0.929. The lowest BCUT2D eigenvalue weighted by atomic mass is 9.79. The Morgan fingerprint density at radius 2 is 2.05 bits per heavy atom. The Kier molecular flexibility index (Phi) is 3.84. The van der Waals surface area contributed by atoms with Gasteiger partial charge in [0.05, 0.1) is 10.4 Å². The first-order chi connectivity index (χ1) is 10.0. The summed E-state index contributed by atoms with van der Waals surface area (Å²) in [5.74, 6) is -0.0950. The molecule has 1 saturated heterocycles. The van der Waals surface area contributed by atoms with Crippen molar-refractivity contribution in [2.24, 2.45) is 0 Å². The van der Waals surface area contributed by atoms with Gasteiger partial charge in [-0.1, -0.05) is 30.5 Å². The number of carboxylic acid groups (broad SMARTS) is 1. The summed E-state index contributed by atoms with van der Waals surface area (Å²) in [5.41, 5.74) is 0.0364. The molecule has 3 rings (SSSR count). The zero-order chi connectivity index (χ0) is 15.0. The van der Waals surface area contributed by atoms with E-state index in [0.717, 1.165) is 31.5 Å². The van der Waals surface area contributed by atoms with E-state index in [9.17, 15) is 9.90 Å². The van der Waals surface area contributed by atoms with Crippen molar-refractivity contribution in [1.29, 1.82) is 0 Å². The van der Waals surface area contributed by atoms with Crippen molar-refractivity contribution >= 4 is 17.6 Å². The third-order valence-corrected chi connectivity index (χ3v) is 4.97. The molecule has 2 fully saturated rings. The van der Waals surface area contributed by atoms with Crippen molar-refractivity contribution in [3.63, 3.8) is 0 Å². The lowest BCUT2D eigenvalue weighted by Gasteiger charge is -2.36. The molecular formula is C16H20ClNO3. The highest BCUT2D eigenvalue weighted by Crippen LogP contribution is 2.43. The standard InChI is InChI=1S/C16H20ClNO3/c1-18-9-12(10-18)21-14-5-4-11(8-13(14)17)16(15(19)20)6-2-3-7-16/h4-5,8,12H,2-3,6-7,9-10H2,1H3,(H,19,20). The van der Waals surface area contributed by atoms with Crippen molar-refractivity contribution in [2.75, 3.05) is 20.1 Å². The highest BCUT2D eigenvalue weighted by Gasteiger charge is 2.43. The fourth-order valence-electron chi connectivity index (χ4n) is 3.39. The van der Waals surface area contributed by atoms with E-state index in [1.807, 2.05) is 19.2 Å². The Balaban J connectivity index is 1.81. The second-order valence-corrected chi connectivity index (χ2v) is 6.61. The van der Waals surface area contributed by atoms with Gasteiger partial charge in [0.2, 0.25) is 0 Å². The van der Waals surface area contributed by atoms with Gasteiger partial charge in [0.25, 0.3) is 0 Å². The Morgan fingerprint density at radius 1 is 1.38 bits per heavy atom. The molecule has 1 N–H and O–H groups in total. The smallest absolute Gasteiger partial charge is 0.314 e. The van der Waals surface area contributed by atoms with Gasteiger partial charge < -0.3 is 9.84 Å². The minimum absolute atomic E-state index is 0.179. The minimum Gasteiger partial charge on any atom is -0.486 e. The maximum absolute atomic E-state index is 11.7. The summed E-state index contributed by atoms with van der Waals surface area (Å²) in [6.45, 7) is 1.80. The summed E-state index contributed by atoms with van der Waals surface area (Å²) in [4.78, 5) is 13.9. The Labute approximate surface area is 129 Å². The third-order valence-electron chi connectivity index (χ3n) is 4.68. The third kappa shape index (κ3) is 2.62. The summed E-state index contributed by atoms with van der Waals surface area (Å²) in [6, 6.07) is 5.46. The number of likely N-dealkylation sites (N-methyl/N-ethyl adjacent to an activating group) is 1. The number of hydrogen-bond donors (Lipinski definition) is 1. The van der Waals surface area contributed by atoms with Gasteiger partial charge in [-0.15, -0.1) is 0 Å². The van der Waals surface area contributed by atoms with Crippen LogP contribution in [0.25, 0.3) is 0 Å². The molecule has 1 aromatic rings. The normalized spacial score (nSPS) is 22.0. The Hall–Kier alpha value is -1.26. The summed E-state index contributed by atoms with van der Waals surface area (Å²) in [5, 5.41) is 10.1. The molecule has 1 aliphatic heterocycles. The van der Waals surface area contributed by atoms with Crippen LogP contribution in [0.5, 0.6) is 5.75 Å². The molecule has 0 amide bonds. The average Bonchev–Trinajstić information content (AvgIpc) is 2.89. The average molecular weight is 310 g/mol. The maximum Gasteiger partial charge on any atom is 0.314 e. The zero-order valence-electron chi connectivity index (χ0n) is 12.1. The molecule has 5 heteroatoms. The van der Waals surface area contributed by atoms with E-state index in [4.69, 9.17) is 16.3 Å². The number of hydrogen-bond acceptors (Lipinski definition) is 3. The molecule has 4 nitrogen and oxygen atoms in total. The number of carbonyl (C=O) groups is 1. The zero-order valence-corrected chi connectivity index (χ0v) is 12.9. The Morgan fingerprint density at radius 3 is 2.57 bits per heavy atom. The highest BCUT2D eigenvalue weighted by molar-refractivity contribution is 6.32. The molecule has 114 valence electrons. The SMILES string of the molecule is CN1CC(Oc2ccc(C3(C(=O)O)CCCC3)cc2Cl)C1. The van der Waals surface area contributed by atoms with Gasteiger partial charge in [0, 0.05) is 13.1 Å². The molecule has 0 radical (unpaired) electrons. The number of benzene rings is 1. The number of aliphatic carboxylic acids is 1. The van der Waals surface area contributed by atoms with Crippen LogP contribution in [0.3, 0.4) is 0 Å². The molecule has 0 unspecified atom stereocenters. The lowest BCUT2D eigenvalue weighted by molar-refractivity contribution is -0.143. The van der Waals surface area contributed by atoms with Crippen molar-refractivity contribution in [2.45, 2.75) is 37.2 Å². The van der Waals surface area contributed by atoms with Crippen LogP contribution in [0.2, 0.25) is 5.02 Å². The summed E-state index contributed by atoms with van der Waals surface area (Å²) < 4.78 is 5.84. The molecule has 0 bridgehead atoms. The van der Waals surface area contributed by atoms with Crippen LogP contribution < -0.4 is 4.74 Å². The van der Waals surface area contributed by atoms with Gasteiger partial charge in [-0.3, -0.25) is 9.69 Å². The van der Waals surface area contributed by atoms with Gasteiger partial charge >= 0.3 is 5.97 Å². The molecule has 21 heavy (non-hydrogen) atoms. The molecule has 1 aromatic carbocycles. The van der Waals surface area contributed by atoms with Crippen LogP contribution in [0.15, 0.2) is 18.2 Å². The van der Waals surface area contributed by atoms with E-state index < -0.39 is 11.4 Å². The first kappa shape index (κ1) is 14.7. The largest absolute Gasteiger partial charge is 0.486 e. The van der Waals surface area contributed by atoms with Crippen molar-refractivity contribution < 1.29 is 14.6 Å². The van der Waals surface area contributed by atoms with E-state index in [2.05, 4.69) is 4.90 Å². The predicted molar refractivity (Wildman–Crippen MR) is 81.1 cm³/mol. The van der Waals surface area contributed by atoms with Crippen LogP contribution in [0.1, 0.15) is 31.2 Å². The van der Waals surface area contributed by atoms with Gasteiger partial charge in [-0.2, -0.15) is 0 Å². The van der Waals surface area contributed by atoms with Gasteiger partial charge in [0.1, 0.15) is 11.9 Å². The van der Waals surface area contributed by atoms with Crippen LogP contribution in [0, 0.1) is 0 Å². The fraction of sp³-hybridized carbons (Fsp3) is 0.562. The monoisotopic (exact) mass is 309 g/mol. The van der Waals surface area contributed by atoms with Gasteiger partial charge in [-0.05, 0) is 37.6 Å². The van der Waals surface area contributed by atoms with Crippen molar-refractivity contribution in [3.8, 4) is 5.75 Å². The molecule has 1 heterocycles. The summed E-state index contributed by atoms with van der Waals surface area (Å²) >= 11 is 6.30. The first-order valence-electron chi connectivity index (χ1n) is 7.40. The minimum atomic E-state index is -0.765. The van der Waals surface area contributed by atoms with Gasteiger partial charge in [-0.25, -0.2) is 0 Å². The second-order valence-electron chi connectivity index (χ2n) is 6.20. The van der Waals surface area contributed by atoms with Gasteiger partial charge in [0.15, 0.2) is 0 Å². The predicted octanol–water partition coefficient (Wildman–Crippen LogP) is 2.93. The van der Waals surface area contributed by atoms with Crippen molar-refractivity contribution in [3.05, 3.63) is 28.8 Å². The molecule has 0 atom stereocenters. The number of likely N-dealkylation sites (tertiary alicyclic amines) is 1. The van der Waals surface area contributed by atoms with Crippen LogP contribution in [-0.2, 0) is 10.2 Å². The summed E-state index contributed by atoms with van der Waals surface area (Å²) in [6.07, 6.45) is 3.46. The lowest BCUT2D eigenvalue weighted by Crippen LogP contribution is -2.51. The molecule has 1 aliphatic carbocycles. The summed E-state index contributed by atoms with van der Waals surface area (Å²) in [7, 11) is 2.04. The van der Waals surface area contributed by atoms with Crippen LogP contribution in [0.4, 0.5) is 0 Å². The number of carboxylic acids is 1. The van der Waals surface area contributed by atoms with E-state index in [0.29, 0.717) is 23.6 Å². The Bertz CT molecular complexity index is 548. The number of nitrogens with zero attached hydrogens (tertiary/aromatic N) is 1. The maximum atomic E-state index is 11.7. The van der Waals surface area contributed by atoms with Crippen molar-refractivity contribution in [1.82, 2.24) is 4.90 Å². The number of ether oxygens (including phenoxy) is 1. The van der Waals surface area contributed by atoms with E-state index in [1.165, 1.54) is 0 Å². The highest BCUT2D eigenvalue weighted by atomic mass is 35.5. The number of rotatable bonds is 4. The van der Waals surface area contributed by atoms with Crippen LogP contribution in [-0.4, -0.2) is 42.2 Å². The molecular weight excluding hydrogens is 290 g/mol. The molecule has 0 spiro atoms. The van der Waals surface area contributed by atoms with Crippen LogP contribution >= 0.6 is 11.6 Å². The first-order valence-corrected chi connectivity index (χ1v) is 7.78. The fourth-order valence-corrected chi connectivity index (χ4v) is 3.62. The number of halogens is 1. The second kappa shape index (κ2) is 5.50. The van der Waals surface area contributed by atoms with E-state index in [1.54, 1.807) is 6.07 Å². The van der Waals surface area contributed by atoms with E-state index >= 15 is 0 Å².